The Morgan fingerprint density at radius 3 is 2.43 bits per heavy atom. The smallest absolute Gasteiger partial charge is 0.200 e. The first kappa shape index (κ1) is 14.0. The second-order valence-corrected chi connectivity index (χ2v) is 6.20. The van der Waals surface area contributed by atoms with Gasteiger partial charge in [-0.3, -0.25) is 4.79 Å². The lowest BCUT2D eigenvalue weighted by Gasteiger charge is -1.98. The molecule has 0 radical (unpaired) electrons. The van der Waals surface area contributed by atoms with Crippen LogP contribution in [0.5, 0.6) is 0 Å². The second kappa shape index (κ2) is 5.56. The summed E-state index contributed by atoms with van der Waals surface area (Å²) >= 11 is 1.42. The van der Waals surface area contributed by atoms with Crippen LogP contribution in [-0.4, -0.2) is 5.78 Å². The van der Waals surface area contributed by atoms with Crippen LogP contribution in [0, 0.1) is 5.82 Å². The number of rotatable bonds is 2. The molecule has 0 unspecified atom stereocenters. The third kappa shape index (κ3) is 2.51. The Labute approximate surface area is 136 Å². The summed E-state index contributed by atoms with van der Waals surface area (Å²) in [6.45, 7) is 0. The number of ketones is 1. The van der Waals surface area contributed by atoms with Gasteiger partial charge in [0, 0.05) is 10.5 Å². The number of furan rings is 1. The fourth-order valence-corrected chi connectivity index (χ4v) is 3.53. The normalized spacial score (nSPS) is 15.2. The number of thioether (sulfide) groups is 1. The lowest BCUT2D eigenvalue weighted by atomic mass is 10.1. The van der Waals surface area contributed by atoms with Crippen LogP contribution in [0.3, 0.4) is 0 Å². The summed E-state index contributed by atoms with van der Waals surface area (Å²) in [5.41, 5.74) is 1.12. The lowest BCUT2D eigenvalue weighted by Crippen LogP contribution is -1.93. The van der Waals surface area contributed by atoms with E-state index >= 15 is 0 Å². The van der Waals surface area contributed by atoms with Crippen LogP contribution in [0.25, 0.3) is 17.4 Å². The third-order valence-electron chi connectivity index (χ3n) is 3.61. The highest BCUT2D eigenvalue weighted by atomic mass is 32.2. The van der Waals surface area contributed by atoms with E-state index in [1.807, 2.05) is 24.3 Å². The van der Waals surface area contributed by atoms with Gasteiger partial charge in [0.2, 0.25) is 5.78 Å². The molecule has 0 bridgehead atoms. The first-order chi connectivity index (χ1) is 11.2. The van der Waals surface area contributed by atoms with E-state index in [1.165, 1.54) is 17.8 Å². The molecule has 0 N–H and O–H groups in total. The van der Waals surface area contributed by atoms with Crippen molar-refractivity contribution in [3.8, 4) is 11.3 Å². The molecule has 112 valence electrons. The summed E-state index contributed by atoms with van der Waals surface area (Å²) in [5.74, 6) is 0.643. The molecule has 0 aliphatic carbocycles. The Hall–Kier alpha value is -2.59. The minimum atomic E-state index is -0.334. The number of carbonyl (C=O) groups is 1. The lowest BCUT2D eigenvalue weighted by molar-refractivity contribution is 0.104. The zero-order valence-electron chi connectivity index (χ0n) is 12.0. The van der Waals surface area contributed by atoms with Crippen molar-refractivity contribution < 1.29 is 13.6 Å². The molecule has 1 aliphatic heterocycles. The van der Waals surface area contributed by atoms with Crippen molar-refractivity contribution in [1.82, 2.24) is 0 Å². The molecule has 1 aromatic heterocycles. The van der Waals surface area contributed by atoms with E-state index in [-0.39, 0.29) is 11.6 Å². The average molecular weight is 322 g/mol. The Morgan fingerprint density at radius 2 is 1.65 bits per heavy atom. The SMILES string of the molecule is O=C1/C(=C\c2ccc(-c3ccccc3F)o2)Sc2ccccc21. The van der Waals surface area contributed by atoms with Gasteiger partial charge in [0.25, 0.3) is 0 Å². The van der Waals surface area contributed by atoms with Crippen molar-refractivity contribution >= 4 is 23.6 Å². The first-order valence-corrected chi connectivity index (χ1v) is 7.92. The van der Waals surface area contributed by atoms with Gasteiger partial charge < -0.3 is 4.42 Å². The summed E-state index contributed by atoms with van der Waals surface area (Å²) in [6, 6.07) is 17.4. The van der Waals surface area contributed by atoms with Gasteiger partial charge in [0.15, 0.2) is 0 Å². The molecule has 0 fully saturated rings. The maximum absolute atomic E-state index is 13.8. The number of Topliss-reactive ketones (excluding diaryl/α,β-unsaturated/α-hetero) is 1. The van der Waals surface area contributed by atoms with Gasteiger partial charge in [-0.15, -0.1) is 0 Å². The molecule has 1 aliphatic rings. The fourth-order valence-electron chi connectivity index (χ4n) is 2.50. The van der Waals surface area contributed by atoms with E-state index in [0.29, 0.717) is 27.6 Å². The van der Waals surface area contributed by atoms with Crippen molar-refractivity contribution in [3.63, 3.8) is 0 Å². The van der Waals surface area contributed by atoms with E-state index in [2.05, 4.69) is 0 Å². The first-order valence-electron chi connectivity index (χ1n) is 7.10. The quantitative estimate of drug-likeness (QED) is 0.591. The topological polar surface area (TPSA) is 30.2 Å². The van der Waals surface area contributed by atoms with Gasteiger partial charge in [0.05, 0.1) is 10.5 Å². The fraction of sp³-hybridized carbons (Fsp3) is 0. The predicted molar refractivity (Wildman–Crippen MR) is 88.7 cm³/mol. The summed E-state index contributed by atoms with van der Waals surface area (Å²) < 4.78 is 19.5. The van der Waals surface area contributed by atoms with Gasteiger partial charge in [0.1, 0.15) is 17.3 Å². The van der Waals surface area contributed by atoms with Crippen LogP contribution in [-0.2, 0) is 0 Å². The largest absolute Gasteiger partial charge is 0.457 e. The molecule has 4 heteroatoms. The summed E-state index contributed by atoms with van der Waals surface area (Å²) in [6.07, 6.45) is 1.71. The van der Waals surface area contributed by atoms with Crippen molar-refractivity contribution in [2.45, 2.75) is 4.90 Å². The van der Waals surface area contributed by atoms with Gasteiger partial charge in [-0.05, 0) is 42.5 Å². The van der Waals surface area contributed by atoms with Crippen molar-refractivity contribution in [1.29, 1.82) is 0 Å². The number of allylic oxidation sites excluding steroid dienone is 1. The number of halogens is 1. The molecule has 2 aromatic carbocycles. The van der Waals surface area contributed by atoms with E-state index < -0.39 is 0 Å². The summed E-state index contributed by atoms with van der Waals surface area (Å²) in [7, 11) is 0. The maximum atomic E-state index is 13.8. The van der Waals surface area contributed by atoms with Crippen LogP contribution in [0.1, 0.15) is 16.1 Å². The van der Waals surface area contributed by atoms with Crippen molar-refractivity contribution in [2.24, 2.45) is 0 Å². The Morgan fingerprint density at radius 1 is 0.913 bits per heavy atom. The average Bonchev–Trinajstić information content (AvgIpc) is 3.14. The standard InChI is InChI=1S/C19H11FO2S/c20-15-7-3-1-5-13(15)16-10-9-12(22-16)11-18-19(21)14-6-2-4-8-17(14)23-18/h1-11H/b18-11+. The molecule has 0 spiro atoms. The highest BCUT2D eigenvalue weighted by molar-refractivity contribution is 8.04. The predicted octanol–water partition coefficient (Wildman–Crippen LogP) is 5.42. The highest BCUT2D eigenvalue weighted by Crippen LogP contribution is 2.40. The second-order valence-electron chi connectivity index (χ2n) is 5.12. The molecule has 4 rings (SSSR count). The molecule has 23 heavy (non-hydrogen) atoms. The molecular formula is C19H11FO2S. The number of hydrogen-bond acceptors (Lipinski definition) is 3. The minimum absolute atomic E-state index is 0.00515. The maximum Gasteiger partial charge on any atom is 0.200 e. The van der Waals surface area contributed by atoms with E-state index in [4.69, 9.17) is 4.42 Å². The molecular weight excluding hydrogens is 311 g/mol. The summed E-state index contributed by atoms with van der Waals surface area (Å²) in [4.78, 5) is 13.9. The molecule has 0 atom stereocenters. The highest BCUT2D eigenvalue weighted by Gasteiger charge is 2.25. The van der Waals surface area contributed by atoms with Crippen LogP contribution in [0.15, 0.2) is 74.9 Å². The Balaban J connectivity index is 1.67. The third-order valence-corrected chi connectivity index (χ3v) is 4.71. The zero-order valence-corrected chi connectivity index (χ0v) is 12.8. The monoisotopic (exact) mass is 322 g/mol. The van der Waals surface area contributed by atoms with Crippen LogP contribution < -0.4 is 0 Å². The number of carbonyl (C=O) groups excluding carboxylic acids is 1. The molecule has 2 nitrogen and oxygen atoms in total. The number of fused-ring (bicyclic) bond motifs is 1. The zero-order chi connectivity index (χ0) is 15.8. The van der Waals surface area contributed by atoms with Gasteiger partial charge in [-0.2, -0.15) is 0 Å². The minimum Gasteiger partial charge on any atom is -0.457 e. The molecule has 0 saturated heterocycles. The van der Waals surface area contributed by atoms with E-state index in [0.717, 1.165) is 4.90 Å². The van der Waals surface area contributed by atoms with E-state index in [9.17, 15) is 9.18 Å². The number of hydrogen-bond donors (Lipinski definition) is 0. The van der Waals surface area contributed by atoms with Crippen LogP contribution in [0.2, 0.25) is 0 Å². The molecule has 2 heterocycles. The molecule has 3 aromatic rings. The Bertz CT molecular complexity index is 940. The van der Waals surface area contributed by atoms with Gasteiger partial charge >= 0.3 is 0 Å². The van der Waals surface area contributed by atoms with Crippen LogP contribution >= 0.6 is 11.8 Å². The van der Waals surface area contributed by atoms with Gasteiger partial charge in [-0.1, -0.05) is 36.0 Å². The van der Waals surface area contributed by atoms with Crippen LogP contribution in [0.4, 0.5) is 4.39 Å². The number of benzene rings is 2. The van der Waals surface area contributed by atoms with Crippen molar-refractivity contribution in [3.05, 3.63) is 82.7 Å². The molecule has 0 amide bonds. The van der Waals surface area contributed by atoms with Crippen molar-refractivity contribution in [2.75, 3.05) is 0 Å². The van der Waals surface area contributed by atoms with Gasteiger partial charge in [-0.25, -0.2) is 4.39 Å². The van der Waals surface area contributed by atoms with E-state index in [1.54, 1.807) is 36.4 Å². The summed E-state index contributed by atoms with van der Waals surface area (Å²) in [5, 5.41) is 0. The Kier molecular flexibility index (Phi) is 3.39. The molecule has 0 saturated carbocycles.